The molecular weight excluding hydrogens is 361 g/mol. The summed E-state index contributed by atoms with van der Waals surface area (Å²) in [6, 6.07) is 14.8. The van der Waals surface area contributed by atoms with Gasteiger partial charge in [0.1, 0.15) is 22.9 Å². The summed E-state index contributed by atoms with van der Waals surface area (Å²) in [6.45, 7) is 0. The molecule has 1 amide bonds. The predicted octanol–water partition coefficient (Wildman–Crippen LogP) is 2.54. The van der Waals surface area contributed by atoms with Crippen molar-refractivity contribution < 1.29 is 13.9 Å². The Labute approximate surface area is 158 Å². The van der Waals surface area contributed by atoms with Crippen molar-refractivity contribution in [2.45, 2.75) is 5.41 Å². The molecule has 0 radical (unpaired) electrons. The number of benzene rings is 2. The molecule has 1 unspecified atom stereocenters. The molecule has 7 nitrogen and oxygen atoms in total. The number of ether oxygens (including phenoxy) is 1. The van der Waals surface area contributed by atoms with Crippen LogP contribution >= 0.6 is 0 Å². The number of anilines is 1. The molecule has 136 valence electrons. The van der Waals surface area contributed by atoms with Crippen LogP contribution in [0.3, 0.4) is 0 Å². The van der Waals surface area contributed by atoms with Gasteiger partial charge in [-0.3, -0.25) is 9.89 Å². The fourth-order valence-electron chi connectivity index (χ4n) is 3.93. The summed E-state index contributed by atoms with van der Waals surface area (Å²) in [6.07, 6.45) is 0. The SMILES string of the molecule is N#CC1=C(N)Oc2n[nH]c(-c3ccc(F)cc3)c2C12C(=O)Nc1ccccc12. The standard InChI is InChI=1S/C20H12FN5O2/c21-11-7-5-10(6-8-11)16-15-18(26-25-16)28-17(23)13(9-22)20(15)12-3-1-2-4-14(12)24-19(20)27/h1-8H,23H2,(H,24,27)(H,25,26). The highest BCUT2D eigenvalue weighted by Gasteiger charge is 2.58. The second-order valence-electron chi connectivity index (χ2n) is 6.49. The Kier molecular flexibility index (Phi) is 3.12. The molecule has 1 atom stereocenters. The molecule has 3 heterocycles. The maximum absolute atomic E-state index is 13.4. The van der Waals surface area contributed by atoms with E-state index in [1.54, 1.807) is 36.4 Å². The molecular formula is C20H12FN5O2. The highest BCUT2D eigenvalue weighted by molar-refractivity contribution is 6.13. The van der Waals surface area contributed by atoms with Gasteiger partial charge in [0, 0.05) is 16.8 Å². The molecule has 5 rings (SSSR count). The number of aromatic nitrogens is 2. The summed E-state index contributed by atoms with van der Waals surface area (Å²) < 4.78 is 19.0. The van der Waals surface area contributed by atoms with Crippen LogP contribution in [0.15, 0.2) is 60.0 Å². The topological polar surface area (TPSA) is 117 Å². The Balaban J connectivity index is 1.89. The number of carbonyl (C=O) groups excluding carboxylic acids is 1. The molecule has 28 heavy (non-hydrogen) atoms. The first-order valence-electron chi connectivity index (χ1n) is 8.41. The largest absolute Gasteiger partial charge is 0.420 e. The van der Waals surface area contributed by atoms with Gasteiger partial charge in [0.15, 0.2) is 0 Å². The van der Waals surface area contributed by atoms with Crippen molar-refractivity contribution in [1.29, 1.82) is 5.26 Å². The van der Waals surface area contributed by atoms with Crippen LogP contribution in [-0.4, -0.2) is 16.1 Å². The van der Waals surface area contributed by atoms with Crippen molar-refractivity contribution in [1.82, 2.24) is 10.2 Å². The molecule has 1 spiro atoms. The molecule has 0 aliphatic carbocycles. The normalized spacial score (nSPS) is 19.6. The van der Waals surface area contributed by atoms with Gasteiger partial charge >= 0.3 is 0 Å². The maximum Gasteiger partial charge on any atom is 0.245 e. The van der Waals surface area contributed by atoms with E-state index in [9.17, 15) is 14.4 Å². The molecule has 2 aromatic carbocycles. The van der Waals surface area contributed by atoms with E-state index in [0.717, 1.165) is 0 Å². The number of nitrogens with two attached hydrogens (primary N) is 1. The van der Waals surface area contributed by atoms with Crippen LogP contribution in [0.5, 0.6) is 5.88 Å². The van der Waals surface area contributed by atoms with E-state index in [1.807, 2.05) is 6.07 Å². The molecule has 2 aliphatic heterocycles. The van der Waals surface area contributed by atoms with Crippen molar-refractivity contribution in [3.63, 3.8) is 0 Å². The third kappa shape index (κ3) is 1.85. The summed E-state index contributed by atoms with van der Waals surface area (Å²) in [7, 11) is 0. The third-order valence-corrected chi connectivity index (χ3v) is 5.10. The minimum atomic E-state index is -1.51. The number of aromatic amines is 1. The van der Waals surface area contributed by atoms with Gasteiger partial charge in [-0.05, 0) is 30.3 Å². The molecule has 0 fully saturated rings. The molecule has 1 aromatic heterocycles. The lowest BCUT2D eigenvalue weighted by Crippen LogP contribution is -2.42. The van der Waals surface area contributed by atoms with Crippen molar-refractivity contribution in [3.05, 3.63) is 76.9 Å². The Morgan fingerprint density at radius 1 is 1.18 bits per heavy atom. The van der Waals surface area contributed by atoms with Gasteiger partial charge in [-0.1, -0.05) is 18.2 Å². The van der Waals surface area contributed by atoms with Crippen molar-refractivity contribution in [2.24, 2.45) is 5.73 Å². The molecule has 4 N–H and O–H groups in total. The maximum atomic E-state index is 13.4. The number of nitriles is 1. The minimum absolute atomic E-state index is 0.0211. The summed E-state index contributed by atoms with van der Waals surface area (Å²) in [5.74, 6) is -0.905. The number of hydrogen-bond acceptors (Lipinski definition) is 5. The van der Waals surface area contributed by atoms with Gasteiger partial charge in [-0.2, -0.15) is 5.26 Å². The molecule has 2 aliphatic rings. The van der Waals surface area contributed by atoms with E-state index < -0.39 is 17.1 Å². The number of fused-ring (bicyclic) bond motifs is 4. The predicted molar refractivity (Wildman–Crippen MR) is 97.3 cm³/mol. The summed E-state index contributed by atoms with van der Waals surface area (Å²) in [5, 5.41) is 19.7. The Hall–Kier alpha value is -4.12. The highest BCUT2D eigenvalue weighted by atomic mass is 19.1. The molecule has 8 heteroatoms. The minimum Gasteiger partial charge on any atom is -0.420 e. The number of para-hydroxylation sites is 1. The van der Waals surface area contributed by atoms with Crippen molar-refractivity contribution in [3.8, 4) is 23.2 Å². The first-order valence-corrected chi connectivity index (χ1v) is 8.41. The summed E-state index contributed by atoms with van der Waals surface area (Å²) in [5.41, 5.74) is 7.02. The average molecular weight is 373 g/mol. The average Bonchev–Trinajstić information content (AvgIpc) is 3.23. The molecule has 0 saturated heterocycles. The van der Waals surface area contributed by atoms with Crippen LogP contribution in [-0.2, 0) is 10.2 Å². The molecule has 0 saturated carbocycles. The number of nitrogens with zero attached hydrogens (tertiary/aromatic N) is 2. The lowest BCUT2D eigenvalue weighted by atomic mass is 9.68. The lowest BCUT2D eigenvalue weighted by Gasteiger charge is -2.31. The zero-order valence-corrected chi connectivity index (χ0v) is 14.3. The monoisotopic (exact) mass is 373 g/mol. The zero-order chi connectivity index (χ0) is 19.5. The van der Waals surface area contributed by atoms with E-state index in [-0.39, 0.29) is 17.3 Å². The fourth-order valence-corrected chi connectivity index (χ4v) is 3.93. The van der Waals surface area contributed by atoms with Crippen LogP contribution < -0.4 is 15.8 Å². The Morgan fingerprint density at radius 2 is 1.93 bits per heavy atom. The van der Waals surface area contributed by atoms with E-state index in [1.165, 1.54) is 12.1 Å². The number of H-pyrrole nitrogens is 1. The fraction of sp³-hybridized carbons (Fsp3) is 0.0500. The van der Waals surface area contributed by atoms with E-state index >= 15 is 0 Å². The number of nitrogens with one attached hydrogen (secondary N) is 2. The molecule has 3 aromatic rings. The quantitative estimate of drug-likeness (QED) is 0.606. The lowest BCUT2D eigenvalue weighted by molar-refractivity contribution is -0.118. The van der Waals surface area contributed by atoms with Crippen molar-refractivity contribution >= 4 is 11.6 Å². The van der Waals surface area contributed by atoms with Crippen LogP contribution in [0.4, 0.5) is 10.1 Å². The van der Waals surface area contributed by atoms with Crippen LogP contribution in [0.25, 0.3) is 11.3 Å². The highest BCUT2D eigenvalue weighted by Crippen LogP contribution is 2.55. The zero-order valence-electron chi connectivity index (χ0n) is 14.3. The third-order valence-electron chi connectivity index (χ3n) is 5.10. The van der Waals surface area contributed by atoms with Gasteiger partial charge in [-0.15, -0.1) is 5.10 Å². The van der Waals surface area contributed by atoms with E-state index in [0.29, 0.717) is 28.1 Å². The van der Waals surface area contributed by atoms with Crippen molar-refractivity contribution in [2.75, 3.05) is 5.32 Å². The number of hydrogen-bond donors (Lipinski definition) is 3. The number of carbonyl (C=O) groups is 1. The summed E-state index contributed by atoms with van der Waals surface area (Å²) >= 11 is 0. The number of halogens is 1. The van der Waals surface area contributed by atoms with Gasteiger partial charge in [-0.25, -0.2) is 4.39 Å². The Morgan fingerprint density at radius 3 is 2.68 bits per heavy atom. The first-order chi connectivity index (χ1) is 13.6. The second-order valence-corrected chi connectivity index (χ2v) is 6.49. The van der Waals surface area contributed by atoms with Gasteiger partial charge < -0.3 is 15.8 Å². The van der Waals surface area contributed by atoms with Crippen LogP contribution in [0.2, 0.25) is 0 Å². The van der Waals surface area contributed by atoms with Gasteiger partial charge in [0.2, 0.25) is 17.7 Å². The van der Waals surface area contributed by atoms with E-state index in [4.69, 9.17) is 10.5 Å². The first kappa shape index (κ1) is 16.1. The Bertz CT molecular complexity index is 1220. The number of amides is 1. The summed E-state index contributed by atoms with van der Waals surface area (Å²) in [4.78, 5) is 13.3. The smallest absolute Gasteiger partial charge is 0.245 e. The van der Waals surface area contributed by atoms with Crippen LogP contribution in [0.1, 0.15) is 11.1 Å². The van der Waals surface area contributed by atoms with Gasteiger partial charge in [0.05, 0.1) is 11.3 Å². The van der Waals surface area contributed by atoms with Crippen LogP contribution in [0, 0.1) is 17.1 Å². The number of rotatable bonds is 1. The van der Waals surface area contributed by atoms with Gasteiger partial charge in [0.25, 0.3) is 0 Å². The second kappa shape index (κ2) is 5.44. The molecule has 0 bridgehead atoms. The van der Waals surface area contributed by atoms with E-state index in [2.05, 4.69) is 15.5 Å².